The number of anilines is 1. The topological polar surface area (TPSA) is 66.5 Å². The summed E-state index contributed by atoms with van der Waals surface area (Å²) in [6, 6.07) is 16.4. The summed E-state index contributed by atoms with van der Waals surface area (Å²) in [5.74, 6) is -0.838. The third-order valence-electron chi connectivity index (χ3n) is 5.76. The summed E-state index contributed by atoms with van der Waals surface area (Å²) >= 11 is 0. The molecule has 3 aromatic rings. The number of carbonyl (C=O) groups is 1. The molecule has 1 atom stereocenters. The maximum atomic E-state index is 14.2. The molecule has 7 heteroatoms. The van der Waals surface area contributed by atoms with Gasteiger partial charge in [0, 0.05) is 5.56 Å². The van der Waals surface area contributed by atoms with Crippen molar-refractivity contribution in [3.63, 3.8) is 0 Å². The lowest BCUT2D eigenvalue weighted by Gasteiger charge is -2.23. The van der Waals surface area contributed by atoms with E-state index in [2.05, 4.69) is 24.4 Å². The van der Waals surface area contributed by atoms with Gasteiger partial charge < -0.3 is 5.32 Å². The summed E-state index contributed by atoms with van der Waals surface area (Å²) in [6.45, 7) is 8.05. The smallest absolute Gasteiger partial charge is 0.251 e. The van der Waals surface area contributed by atoms with Crippen LogP contribution in [0.5, 0.6) is 0 Å². The molecule has 1 amide bonds. The third-order valence-corrected chi connectivity index (χ3v) is 6.89. The Morgan fingerprint density at radius 2 is 1.58 bits per heavy atom. The highest BCUT2D eigenvalue weighted by Gasteiger charge is 2.21. The highest BCUT2D eigenvalue weighted by atomic mass is 32.2. The van der Waals surface area contributed by atoms with Crippen molar-refractivity contribution in [1.29, 1.82) is 0 Å². The Bertz CT molecular complexity index is 1270. The number of amides is 1. The molecule has 0 aliphatic heterocycles. The largest absolute Gasteiger partial charge is 0.346 e. The molecule has 0 heterocycles. The molecule has 0 fully saturated rings. The van der Waals surface area contributed by atoms with E-state index in [9.17, 15) is 17.6 Å². The van der Waals surface area contributed by atoms with Crippen LogP contribution >= 0.6 is 0 Å². The molecule has 0 bridgehead atoms. The lowest BCUT2D eigenvalue weighted by Crippen LogP contribution is -2.30. The minimum Gasteiger partial charge on any atom is -0.346 e. The number of para-hydroxylation sites is 1. The van der Waals surface area contributed by atoms with Gasteiger partial charge >= 0.3 is 0 Å². The molecule has 0 spiro atoms. The Labute approximate surface area is 195 Å². The maximum Gasteiger partial charge on any atom is 0.251 e. The van der Waals surface area contributed by atoms with Gasteiger partial charge in [0.15, 0.2) is 0 Å². The summed E-state index contributed by atoms with van der Waals surface area (Å²) < 4.78 is 39.8. The lowest BCUT2D eigenvalue weighted by atomic mass is 9.96. The van der Waals surface area contributed by atoms with Crippen molar-refractivity contribution in [3.05, 3.63) is 99.9 Å². The first-order chi connectivity index (χ1) is 15.5. The van der Waals surface area contributed by atoms with E-state index in [0.717, 1.165) is 21.7 Å². The lowest BCUT2D eigenvalue weighted by molar-refractivity contribution is 0.0939. The Morgan fingerprint density at radius 1 is 0.970 bits per heavy atom. The number of nitrogens with one attached hydrogen (secondary N) is 1. The molecule has 0 aliphatic rings. The Kier molecular flexibility index (Phi) is 7.22. The molecule has 174 valence electrons. The molecule has 3 rings (SSSR count). The number of aryl methyl sites for hydroxylation is 3. The van der Waals surface area contributed by atoms with Crippen molar-refractivity contribution in [2.45, 2.75) is 40.3 Å². The molecule has 0 aliphatic carbocycles. The van der Waals surface area contributed by atoms with Crippen LogP contribution in [0.1, 0.15) is 51.1 Å². The van der Waals surface area contributed by atoms with Crippen LogP contribution in [0.3, 0.4) is 0 Å². The summed E-state index contributed by atoms with van der Waals surface area (Å²) in [6.07, 6.45) is 1.04. The minimum absolute atomic E-state index is 0.0144. The second kappa shape index (κ2) is 9.75. The molecule has 5 nitrogen and oxygen atoms in total. The average Bonchev–Trinajstić information content (AvgIpc) is 2.74. The number of hydrogen-bond donors (Lipinski definition) is 1. The van der Waals surface area contributed by atoms with Gasteiger partial charge in [-0.05, 0) is 79.8 Å². The molecule has 0 unspecified atom stereocenters. The molecule has 3 aromatic carbocycles. The normalized spacial score (nSPS) is 12.3. The van der Waals surface area contributed by atoms with E-state index >= 15 is 0 Å². The van der Waals surface area contributed by atoms with Gasteiger partial charge in [0.25, 0.3) is 5.91 Å². The van der Waals surface area contributed by atoms with Gasteiger partial charge in [0.2, 0.25) is 10.0 Å². The average molecular weight is 469 g/mol. The van der Waals surface area contributed by atoms with Crippen molar-refractivity contribution in [2.24, 2.45) is 0 Å². The first-order valence-electron chi connectivity index (χ1n) is 10.7. The van der Waals surface area contributed by atoms with E-state index in [1.54, 1.807) is 30.3 Å². The standard InChI is InChI=1S/C26H29FN2O3S/c1-17-14-19(3)23(15-18(17)2)20(4)28-26(30)22-12-10-21(11-13-22)16-29(33(5,31)32)25-9-7-6-8-24(25)27/h6-15,20H,16H2,1-5H3,(H,28,30)/t20-/m0/s1. The van der Waals surface area contributed by atoms with Gasteiger partial charge in [-0.25, -0.2) is 12.8 Å². The van der Waals surface area contributed by atoms with Crippen LogP contribution in [0.25, 0.3) is 0 Å². The van der Waals surface area contributed by atoms with Crippen molar-refractivity contribution in [2.75, 3.05) is 10.6 Å². The summed E-state index contributed by atoms with van der Waals surface area (Å²) in [4.78, 5) is 12.8. The zero-order valence-corrected chi connectivity index (χ0v) is 20.3. The Hall–Kier alpha value is -3.19. The van der Waals surface area contributed by atoms with Crippen LogP contribution in [-0.2, 0) is 16.6 Å². The van der Waals surface area contributed by atoms with Crippen molar-refractivity contribution < 1.29 is 17.6 Å². The molecule has 0 radical (unpaired) electrons. The summed E-state index contributed by atoms with van der Waals surface area (Å²) in [7, 11) is -3.71. The first kappa shape index (κ1) is 24.5. The summed E-state index contributed by atoms with van der Waals surface area (Å²) in [5, 5.41) is 3.02. The van der Waals surface area contributed by atoms with Gasteiger partial charge in [0.1, 0.15) is 5.82 Å². The van der Waals surface area contributed by atoms with Crippen molar-refractivity contribution >= 4 is 21.6 Å². The molecule has 0 saturated carbocycles. The predicted molar refractivity (Wildman–Crippen MR) is 130 cm³/mol. The van der Waals surface area contributed by atoms with E-state index in [1.807, 2.05) is 20.8 Å². The first-order valence-corrected chi connectivity index (χ1v) is 12.5. The van der Waals surface area contributed by atoms with Crippen LogP contribution in [0, 0.1) is 26.6 Å². The van der Waals surface area contributed by atoms with E-state index in [4.69, 9.17) is 0 Å². The number of halogens is 1. The van der Waals surface area contributed by atoms with Gasteiger partial charge in [0.05, 0.1) is 24.5 Å². The highest BCUT2D eigenvalue weighted by molar-refractivity contribution is 7.92. The Morgan fingerprint density at radius 3 is 2.18 bits per heavy atom. The maximum absolute atomic E-state index is 14.2. The zero-order valence-electron chi connectivity index (χ0n) is 19.5. The predicted octanol–water partition coefficient (Wildman–Crippen LogP) is 5.21. The Balaban J connectivity index is 1.76. The highest BCUT2D eigenvalue weighted by Crippen LogP contribution is 2.25. The van der Waals surface area contributed by atoms with Gasteiger partial charge in [-0.1, -0.05) is 36.4 Å². The minimum atomic E-state index is -3.71. The van der Waals surface area contributed by atoms with Crippen LogP contribution in [-0.4, -0.2) is 20.6 Å². The SMILES string of the molecule is Cc1cc(C)c([C@H](C)NC(=O)c2ccc(CN(c3ccccc3F)S(C)(=O)=O)cc2)cc1C. The van der Waals surface area contributed by atoms with E-state index in [1.165, 1.54) is 29.3 Å². The molecule has 1 N–H and O–H groups in total. The molecular weight excluding hydrogens is 439 g/mol. The number of sulfonamides is 1. The van der Waals surface area contributed by atoms with E-state index in [0.29, 0.717) is 11.1 Å². The zero-order chi connectivity index (χ0) is 24.3. The second-order valence-electron chi connectivity index (χ2n) is 8.41. The number of rotatable bonds is 7. The third kappa shape index (κ3) is 5.79. The fourth-order valence-electron chi connectivity index (χ4n) is 3.77. The van der Waals surface area contributed by atoms with E-state index in [-0.39, 0.29) is 24.2 Å². The van der Waals surface area contributed by atoms with Crippen molar-refractivity contribution in [3.8, 4) is 0 Å². The second-order valence-corrected chi connectivity index (χ2v) is 10.3. The van der Waals surface area contributed by atoms with Crippen molar-refractivity contribution in [1.82, 2.24) is 5.32 Å². The molecule has 0 aromatic heterocycles. The number of benzene rings is 3. The van der Waals surface area contributed by atoms with E-state index < -0.39 is 15.8 Å². The van der Waals surface area contributed by atoms with Crippen LogP contribution < -0.4 is 9.62 Å². The number of carbonyl (C=O) groups excluding carboxylic acids is 1. The monoisotopic (exact) mass is 468 g/mol. The number of nitrogens with zero attached hydrogens (tertiary/aromatic N) is 1. The van der Waals surface area contributed by atoms with Gasteiger partial charge in [-0.15, -0.1) is 0 Å². The quantitative estimate of drug-likeness (QED) is 0.518. The molecule has 33 heavy (non-hydrogen) atoms. The fraction of sp³-hybridized carbons (Fsp3) is 0.269. The van der Waals surface area contributed by atoms with Crippen LogP contribution in [0.15, 0.2) is 60.7 Å². The van der Waals surface area contributed by atoms with Crippen LogP contribution in [0.4, 0.5) is 10.1 Å². The van der Waals surface area contributed by atoms with Gasteiger partial charge in [-0.3, -0.25) is 9.10 Å². The fourth-order valence-corrected chi connectivity index (χ4v) is 4.66. The van der Waals surface area contributed by atoms with Gasteiger partial charge in [-0.2, -0.15) is 0 Å². The summed E-state index contributed by atoms with van der Waals surface area (Å²) in [5.41, 5.74) is 5.66. The number of hydrogen-bond acceptors (Lipinski definition) is 3. The molecule has 0 saturated heterocycles. The van der Waals surface area contributed by atoms with Crippen LogP contribution in [0.2, 0.25) is 0 Å². The molecular formula is C26H29FN2O3S.